The first-order valence-electron chi connectivity index (χ1n) is 14.8. The highest BCUT2D eigenvalue weighted by Crippen LogP contribution is 2.33. The molecular weight excluding hydrogens is 542 g/mol. The third kappa shape index (κ3) is 7.97. The highest BCUT2D eigenvalue weighted by molar-refractivity contribution is 7.13. The van der Waals surface area contributed by atoms with Gasteiger partial charge in [-0.25, -0.2) is 4.98 Å². The van der Waals surface area contributed by atoms with Gasteiger partial charge in [-0.15, -0.1) is 11.3 Å². The van der Waals surface area contributed by atoms with Crippen LogP contribution in [0.25, 0.3) is 0 Å². The summed E-state index contributed by atoms with van der Waals surface area (Å²) in [5.74, 6) is 1.76. The number of ether oxygens (including phenoxy) is 2. The van der Waals surface area contributed by atoms with Gasteiger partial charge < -0.3 is 24.6 Å². The second-order valence-electron chi connectivity index (χ2n) is 11.7. The zero-order valence-electron chi connectivity index (χ0n) is 24.1. The summed E-state index contributed by atoms with van der Waals surface area (Å²) in [6, 6.07) is 6.02. The van der Waals surface area contributed by atoms with E-state index in [0.29, 0.717) is 30.5 Å². The molecule has 41 heavy (non-hydrogen) atoms. The Kier molecular flexibility index (Phi) is 9.76. The van der Waals surface area contributed by atoms with Gasteiger partial charge in [0.2, 0.25) is 24.5 Å². The molecular formula is C30H41N5O5S. The quantitative estimate of drug-likeness (QED) is 0.454. The fraction of sp³-hybridized carbons (Fsp3) is 0.600. The molecule has 3 aliphatic rings. The van der Waals surface area contributed by atoms with Crippen LogP contribution in [0.1, 0.15) is 57.2 Å². The Morgan fingerprint density at radius 2 is 1.83 bits per heavy atom. The molecule has 222 valence electrons. The van der Waals surface area contributed by atoms with Crippen LogP contribution in [0.4, 0.5) is 5.13 Å². The number of carbonyl (C=O) groups excluding carboxylic acids is 3. The molecule has 3 heterocycles. The molecule has 1 aromatic heterocycles. The summed E-state index contributed by atoms with van der Waals surface area (Å²) < 4.78 is 10.9. The average molecular weight is 584 g/mol. The molecule has 2 aromatic rings. The Morgan fingerprint density at radius 1 is 1.07 bits per heavy atom. The molecule has 10 nitrogen and oxygen atoms in total. The number of nitrogens with one attached hydrogen (secondary N) is 1. The second-order valence-corrected chi connectivity index (χ2v) is 12.5. The van der Waals surface area contributed by atoms with E-state index in [2.05, 4.69) is 35.1 Å². The SMILES string of the molecule is CC(C)CN(CC(=O)Nc1nc(CC(=O)N2CCN(Cc3ccc4c(c3)OCO4)CC2)cs1)C(=O)C1CCCCC1. The van der Waals surface area contributed by atoms with Crippen LogP contribution in [-0.2, 0) is 27.3 Å². The maximum atomic E-state index is 13.1. The van der Waals surface area contributed by atoms with Crippen LogP contribution in [0.5, 0.6) is 11.5 Å². The number of anilines is 1. The normalized spacial score (nSPS) is 17.6. The van der Waals surface area contributed by atoms with Gasteiger partial charge in [0.05, 0.1) is 18.7 Å². The van der Waals surface area contributed by atoms with E-state index in [0.717, 1.165) is 62.4 Å². The van der Waals surface area contributed by atoms with Gasteiger partial charge in [-0.1, -0.05) is 39.2 Å². The van der Waals surface area contributed by atoms with E-state index < -0.39 is 0 Å². The fourth-order valence-corrected chi connectivity index (χ4v) is 6.50. The van der Waals surface area contributed by atoms with E-state index in [-0.39, 0.29) is 49.3 Å². The number of benzene rings is 1. The topological polar surface area (TPSA) is 104 Å². The molecule has 0 atom stereocenters. The predicted molar refractivity (Wildman–Crippen MR) is 157 cm³/mol. The van der Waals surface area contributed by atoms with Crippen molar-refractivity contribution < 1.29 is 23.9 Å². The number of rotatable bonds is 10. The van der Waals surface area contributed by atoms with Crippen LogP contribution in [-0.4, -0.2) is 83.5 Å². The monoisotopic (exact) mass is 583 g/mol. The number of aromatic nitrogens is 1. The standard InChI is InChI=1S/C30H41N5O5S/c1-21(2)16-35(29(38)23-6-4-3-5-7-23)18-27(36)32-30-31-24(19-41-30)15-28(37)34-12-10-33(11-13-34)17-22-8-9-25-26(14-22)40-20-39-25/h8-9,14,19,21,23H,3-7,10-13,15-18,20H2,1-2H3,(H,31,32,36). The highest BCUT2D eigenvalue weighted by atomic mass is 32.1. The summed E-state index contributed by atoms with van der Waals surface area (Å²) in [5.41, 5.74) is 1.81. The van der Waals surface area contributed by atoms with E-state index in [1.165, 1.54) is 17.8 Å². The Hall–Kier alpha value is -3.18. The van der Waals surface area contributed by atoms with Crippen LogP contribution >= 0.6 is 11.3 Å². The lowest BCUT2D eigenvalue weighted by Gasteiger charge is -2.34. The lowest BCUT2D eigenvalue weighted by molar-refractivity contribution is -0.139. The van der Waals surface area contributed by atoms with E-state index in [4.69, 9.17) is 9.47 Å². The Bertz CT molecular complexity index is 1220. The van der Waals surface area contributed by atoms with Crippen molar-refractivity contribution in [3.8, 4) is 11.5 Å². The van der Waals surface area contributed by atoms with Gasteiger partial charge in [0.15, 0.2) is 16.6 Å². The van der Waals surface area contributed by atoms with Crippen molar-refractivity contribution in [2.24, 2.45) is 11.8 Å². The van der Waals surface area contributed by atoms with Gasteiger partial charge in [-0.3, -0.25) is 19.3 Å². The van der Waals surface area contributed by atoms with Crippen molar-refractivity contribution in [1.82, 2.24) is 19.7 Å². The van der Waals surface area contributed by atoms with Crippen LogP contribution in [0.3, 0.4) is 0 Å². The number of hydrogen-bond acceptors (Lipinski definition) is 8. The summed E-state index contributed by atoms with van der Waals surface area (Å²) in [6.07, 6.45) is 5.36. The van der Waals surface area contributed by atoms with Crippen LogP contribution in [0.15, 0.2) is 23.6 Å². The summed E-state index contributed by atoms with van der Waals surface area (Å²) in [4.78, 5) is 49.4. The lowest BCUT2D eigenvalue weighted by Crippen LogP contribution is -2.48. The number of piperazine rings is 1. The number of fused-ring (bicyclic) bond motifs is 1. The molecule has 5 rings (SSSR count). The van der Waals surface area contributed by atoms with Gasteiger partial charge >= 0.3 is 0 Å². The van der Waals surface area contributed by atoms with Crippen molar-refractivity contribution >= 4 is 34.2 Å². The molecule has 0 radical (unpaired) electrons. The van der Waals surface area contributed by atoms with Crippen molar-refractivity contribution in [3.05, 3.63) is 34.8 Å². The van der Waals surface area contributed by atoms with Crippen molar-refractivity contribution in [1.29, 1.82) is 0 Å². The van der Waals surface area contributed by atoms with Crippen LogP contribution in [0, 0.1) is 11.8 Å². The molecule has 0 unspecified atom stereocenters. The van der Waals surface area contributed by atoms with Crippen molar-refractivity contribution in [3.63, 3.8) is 0 Å². The molecule has 1 aliphatic carbocycles. The lowest BCUT2D eigenvalue weighted by atomic mass is 9.88. The number of nitrogens with zero attached hydrogens (tertiary/aromatic N) is 4. The third-order valence-corrected chi connectivity index (χ3v) is 8.69. The zero-order chi connectivity index (χ0) is 28.8. The number of thiazole rings is 1. The fourth-order valence-electron chi connectivity index (χ4n) is 5.78. The first-order valence-corrected chi connectivity index (χ1v) is 15.6. The largest absolute Gasteiger partial charge is 0.454 e. The molecule has 0 spiro atoms. The molecule has 1 aromatic carbocycles. The predicted octanol–water partition coefficient (Wildman–Crippen LogP) is 3.76. The Balaban J connectivity index is 1.07. The molecule has 1 saturated carbocycles. The second kappa shape index (κ2) is 13.7. The van der Waals surface area contributed by atoms with Crippen molar-refractivity contribution in [2.75, 3.05) is 51.4 Å². The Morgan fingerprint density at radius 3 is 2.59 bits per heavy atom. The van der Waals surface area contributed by atoms with E-state index in [9.17, 15) is 14.4 Å². The molecule has 2 fully saturated rings. The molecule has 2 aliphatic heterocycles. The van der Waals surface area contributed by atoms with Crippen LogP contribution < -0.4 is 14.8 Å². The Labute approximate surface area is 246 Å². The molecule has 0 bridgehead atoms. The summed E-state index contributed by atoms with van der Waals surface area (Å²) in [5, 5.41) is 5.13. The van der Waals surface area contributed by atoms with Crippen LogP contribution in [0.2, 0.25) is 0 Å². The highest BCUT2D eigenvalue weighted by Gasteiger charge is 2.28. The first-order chi connectivity index (χ1) is 19.8. The summed E-state index contributed by atoms with van der Waals surface area (Å²) in [6.45, 7) is 8.69. The minimum absolute atomic E-state index is 0.0257. The molecule has 1 N–H and O–H groups in total. The summed E-state index contributed by atoms with van der Waals surface area (Å²) >= 11 is 1.31. The van der Waals surface area contributed by atoms with E-state index >= 15 is 0 Å². The third-order valence-electron chi connectivity index (χ3n) is 7.88. The maximum absolute atomic E-state index is 13.1. The van der Waals surface area contributed by atoms with Gasteiger partial charge in [0.1, 0.15) is 0 Å². The maximum Gasteiger partial charge on any atom is 0.245 e. The zero-order valence-corrected chi connectivity index (χ0v) is 24.9. The van der Waals surface area contributed by atoms with E-state index in [1.807, 2.05) is 22.4 Å². The van der Waals surface area contributed by atoms with Crippen molar-refractivity contribution in [2.45, 2.75) is 58.9 Å². The number of amides is 3. The smallest absolute Gasteiger partial charge is 0.245 e. The van der Waals surface area contributed by atoms with Gasteiger partial charge in [0.25, 0.3) is 0 Å². The van der Waals surface area contributed by atoms with E-state index in [1.54, 1.807) is 4.90 Å². The van der Waals surface area contributed by atoms with Gasteiger partial charge in [-0.2, -0.15) is 0 Å². The van der Waals surface area contributed by atoms with Gasteiger partial charge in [0, 0.05) is 50.6 Å². The van der Waals surface area contributed by atoms with Gasteiger partial charge in [-0.05, 0) is 36.5 Å². The number of carbonyl (C=O) groups is 3. The minimum atomic E-state index is -0.249. The molecule has 11 heteroatoms. The molecule has 1 saturated heterocycles. The number of hydrogen-bond donors (Lipinski definition) is 1. The first kappa shape index (κ1) is 29.3. The summed E-state index contributed by atoms with van der Waals surface area (Å²) in [7, 11) is 0. The molecule has 3 amide bonds. The average Bonchev–Trinajstić information content (AvgIpc) is 3.61. The minimum Gasteiger partial charge on any atom is -0.454 e.